The Labute approximate surface area is 515 Å². The van der Waals surface area contributed by atoms with Crippen molar-refractivity contribution >= 4 is 78.1 Å². The van der Waals surface area contributed by atoms with E-state index < -0.39 is 45.6 Å². The van der Waals surface area contributed by atoms with Crippen molar-refractivity contribution in [3.63, 3.8) is 0 Å². The molecule has 12 heteroatoms. The number of nitrogens with zero attached hydrogens (tertiary/aromatic N) is 4. The average Bonchev–Trinajstić information content (AvgIpc) is 0.694. The molecule has 12 nitrogen and oxygen atoms in total. The minimum absolute atomic E-state index is 0.0385. The van der Waals surface area contributed by atoms with E-state index >= 15 is 19.2 Å². The van der Waals surface area contributed by atoms with Crippen molar-refractivity contribution in [3.8, 4) is 0 Å². The molecule has 0 spiro atoms. The maximum atomic E-state index is 15.3. The number of carbonyl (C=O) groups excluding carboxylic acids is 4. The summed E-state index contributed by atoms with van der Waals surface area (Å²) in [5.74, 6) is -2.06. The van der Waals surface area contributed by atoms with Crippen LogP contribution in [0.2, 0.25) is 0 Å². The van der Waals surface area contributed by atoms with Crippen molar-refractivity contribution < 1.29 is 29.0 Å². The topological polar surface area (TPSA) is 161 Å². The van der Waals surface area contributed by atoms with Crippen LogP contribution in [0.15, 0.2) is 36.4 Å². The second-order valence-corrected chi connectivity index (χ2v) is 26.1. The van der Waals surface area contributed by atoms with Crippen LogP contribution in [-0.4, -0.2) is 55.4 Å². The van der Waals surface area contributed by atoms with E-state index in [0.29, 0.717) is 25.7 Å². The summed E-state index contributed by atoms with van der Waals surface area (Å²) in [4.78, 5) is 89.8. The lowest BCUT2D eigenvalue weighted by atomic mass is 9.80. The molecule has 5 aromatic carbocycles. The molecule has 0 atom stereocenters. The Hall–Kier alpha value is -5.52. The number of nitro groups is 2. The summed E-state index contributed by atoms with van der Waals surface area (Å²) >= 11 is 0. The zero-order valence-corrected chi connectivity index (χ0v) is 53.8. The van der Waals surface area contributed by atoms with Gasteiger partial charge in [0.15, 0.2) is 0 Å². The molecule has 0 radical (unpaired) electrons. The summed E-state index contributed by atoms with van der Waals surface area (Å²) in [6, 6.07) is 8.35. The molecule has 0 saturated carbocycles. The molecule has 2 heterocycles. The first-order valence-electron chi connectivity index (χ1n) is 35.3. The fraction of sp³-hybridized carbons (Fsp3) is 0.676. The fourth-order valence-electron chi connectivity index (χ4n) is 14.7. The predicted octanol–water partition coefficient (Wildman–Crippen LogP) is 22.7. The van der Waals surface area contributed by atoms with Crippen LogP contribution < -0.4 is 0 Å². The largest absolute Gasteiger partial charge is 0.278 e. The average molecular weight is 1180 g/mol. The third-order valence-corrected chi connectivity index (χ3v) is 19.5. The van der Waals surface area contributed by atoms with Crippen molar-refractivity contribution in [1.82, 2.24) is 9.80 Å². The van der Waals surface area contributed by atoms with E-state index in [1.165, 1.54) is 176 Å². The Kier molecular flexibility index (Phi) is 28.5. The molecular formula is C74H108N4O8. The van der Waals surface area contributed by atoms with E-state index in [1.54, 1.807) is 24.3 Å². The second kappa shape index (κ2) is 36.1. The molecule has 86 heavy (non-hydrogen) atoms. The van der Waals surface area contributed by atoms with Crippen LogP contribution in [0.5, 0.6) is 0 Å². The highest BCUT2D eigenvalue weighted by atomic mass is 16.6. The van der Waals surface area contributed by atoms with E-state index in [4.69, 9.17) is 0 Å². The van der Waals surface area contributed by atoms with Gasteiger partial charge in [-0.2, -0.15) is 0 Å². The summed E-state index contributed by atoms with van der Waals surface area (Å²) in [5, 5.41) is 28.9. The highest BCUT2D eigenvalue weighted by Gasteiger charge is 2.43. The normalized spacial score (nSPS) is 13.5. The Morgan fingerprint density at radius 2 is 0.523 bits per heavy atom. The van der Waals surface area contributed by atoms with Gasteiger partial charge in [0, 0.05) is 56.9 Å². The first-order chi connectivity index (χ1) is 42.0. The van der Waals surface area contributed by atoms with Gasteiger partial charge in [-0.1, -0.05) is 297 Å². The first-order valence-corrected chi connectivity index (χ1v) is 35.3. The molecule has 0 fully saturated rings. The molecule has 0 saturated heterocycles. The molecule has 0 aliphatic carbocycles. The number of imide groups is 2. The summed E-state index contributed by atoms with van der Waals surface area (Å²) in [6.07, 6.45) is 49.0. The predicted molar refractivity (Wildman–Crippen MR) is 355 cm³/mol. The lowest BCUT2D eigenvalue weighted by Crippen LogP contribution is -2.47. The smallest absolute Gasteiger partial charge is 0.271 e. The van der Waals surface area contributed by atoms with Crippen LogP contribution in [0.25, 0.3) is 43.1 Å². The van der Waals surface area contributed by atoms with Gasteiger partial charge in [-0.25, -0.2) is 0 Å². The minimum Gasteiger partial charge on any atom is -0.271 e. The SMILES string of the molecule is CCCCCCCCCCCCC(CCCCCCCCCCCC)N1C(=O)c2ccc3c4c([N+](=O)[O-])cc5c6c(ccc(c7c([N+](=O)[O-])cc(c2c37)C1=O)c64)C(=O)N(C(CCCCCCCCCCCC)CCCCCCCCCCCC)C5=O. The van der Waals surface area contributed by atoms with Gasteiger partial charge in [0.25, 0.3) is 35.0 Å². The Morgan fingerprint density at radius 3 is 0.756 bits per heavy atom. The molecule has 4 amide bonds. The molecule has 472 valence electrons. The third-order valence-electron chi connectivity index (χ3n) is 19.5. The van der Waals surface area contributed by atoms with E-state index in [9.17, 15) is 20.2 Å². The number of fused-ring (bicyclic) bond motifs is 2. The monoisotopic (exact) mass is 1180 g/mol. The van der Waals surface area contributed by atoms with E-state index in [1.807, 2.05) is 0 Å². The molecule has 0 bridgehead atoms. The van der Waals surface area contributed by atoms with Gasteiger partial charge in [0.05, 0.1) is 31.7 Å². The molecule has 0 N–H and O–H groups in total. The van der Waals surface area contributed by atoms with Gasteiger partial charge >= 0.3 is 0 Å². The van der Waals surface area contributed by atoms with Crippen molar-refractivity contribution in [2.45, 2.75) is 322 Å². The van der Waals surface area contributed by atoms with E-state index in [2.05, 4.69) is 27.7 Å². The highest BCUT2D eigenvalue weighted by molar-refractivity contribution is 6.43. The van der Waals surface area contributed by atoms with Gasteiger partial charge in [0.2, 0.25) is 0 Å². The van der Waals surface area contributed by atoms with Gasteiger partial charge in [-0.15, -0.1) is 0 Å². The van der Waals surface area contributed by atoms with Crippen molar-refractivity contribution in [2.75, 3.05) is 0 Å². The van der Waals surface area contributed by atoms with Crippen molar-refractivity contribution in [3.05, 3.63) is 78.9 Å². The van der Waals surface area contributed by atoms with Crippen molar-refractivity contribution in [1.29, 1.82) is 0 Å². The number of nitro benzene ring substituents is 2. The number of hydrogen-bond donors (Lipinski definition) is 0. The molecule has 7 rings (SSSR count). The number of unbranched alkanes of at least 4 members (excludes halogenated alkanes) is 36. The number of carbonyl (C=O) groups is 4. The van der Waals surface area contributed by atoms with Crippen LogP contribution in [-0.2, 0) is 0 Å². The first kappa shape index (κ1) is 68.0. The maximum absolute atomic E-state index is 15.3. The standard InChI is InChI=1S/C74H108N4O8/c1-5-9-13-17-21-25-29-33-37-41-45-55(46-42-38-34-30-26-22-18-14-10-6-2)75-71(79)59-51-49-57-68-64(78(85)86)54-62-66-60(52-50-58(70(66)68)67-63(77(83)84)53-61(73(75)81)65(59)69(57)67)72(80)76(74(62)82)56(47-43-39-35-31-27-23-19-15-11-7-3)48-44-40-36-32-28-24-20-16-12-8-4/h49-56H,5-48H2,1-4H3. The van der Waals surface area contributed by atoms with Crippen LogP contribution in [0.3, 0.4) is 0 Å². The quantitative estimate of drug-likeness (QED) is 0.00929. The molecular weight excluding hydrogens is 1070 g/mol. The number of benzene rings is 5. The van der Waals surface area contributed by atoms with Crippen LogP contribution >= 0.6 is 0 Å². The summed E-state index contributed by atoms with van der Waals surface area (Å²) in [7, 11) is 0. The van der Waals surface area contributed by atoms with E-state index in [-0.39, 0.29) is 76.7 Å². The van der Waals surface area contributed by atoms with Crippen LogP contribution in [0.4, 0.5) is 11.4 Å². The zero-order valence-electron chi connectivity index (χ0n) is 53.8. The molecule has 0 aromatic heterocycles. The molecule has 2 aliphatic rings. The Balaban J connectivity index is 1.20. The van der Waals surface area contributed by atoms with Gasteiger partial charge in [0.1, 0.15) is 0 Å². The lowest BCUT2D eigenvalue weighted by molar-refractivity contribution is -0.383. The number of rotatable bonds is 48. The zero-order chi connectivity index (χ0) is 61.2. The van der Waals surface area contributed by atoms with Crippen LogP contribution in [0.1, 0.15) is 352 Å². The van der Waals surface area contributed by atoms with Crippen LogP contribution in [0, 0.1) is 20.2 Å². The Morgan fingerprint density at radius 1 is 0.302 bits per heavy atom. The Bertz CT molecular complexity index is 2750. The van der Waals surface area contributed by atoms with Gasteiger partial charge < -0.3 is 0 Å². The van der Waals surface area contributed by atoms with Gasteiger partial charge in [-0.3, -0.25) is 49.2 Å². The molecule has 5 aromatic rings. The molecule has 0 unspecified atom stereocenters. The second-order valence-electron chi connectivity index (χ2n) is 26.1. The number of non-ortho nitro benzene ring substituents is 2. The lowest BCUT2D eigenvalue weighted by Gasteiger charge is -2.35. The minimum atomic E-state index is -0.578. The van der Waals surface area contributed by atoms with Gasteiger partial charge in [-0.05, 0) is 48.6 Å². The summed E-state index contributed by atoms with van der Waals surface area (Å²) < 4.78 is 0. The number of hydrogen-bond acceptors (Lipinski definition) is 8. The summed E-state index contributed by atoms with van der Waals surface area (Å²) in [6.45, 7) is 8.93. The third kappa shape index (κ3) is 17.4. The summed E-state index contributed by atoms with van der Waals surface area (Å²) in [5.41, 5.74) is -0.190. The molecule has 2 aliphatic heterocycles. The van der Waals surface area contributed by atoms with E-state index in [0.717, 1.165) is 103 Å². The number of amides is 4. The fourth-order valence-corrected chi connectivity index (χ4v) is 14.7. The van der Waals surface area contributed by atoms with Crippen molar-refractivity contribution in [2.24, 2.45) is 0 Å². The maximum Gasteiger partial charge on any atom is 0.278 e. The highest BCUT2D eigenvalue weighted by Crippen LogP contribution is 2.52.